The third-order valence-electron chi connectivity index (χ3n) is 4.14. The Morgan fingerprint density at radius 1 is 1.20 bits per heavy atom. The number of nitrogens with two attached hydrogens (primary N) is 1. The van der Waals surface area contributed by atoms with E-state index in [1.54, 1.807) is 18.2 Å². The molecule has 1 aromatic rings. The lowest BCUT2D eigenvalue weighted by molar-refractivity contribution is -0.116. The van der Waals surface area contributed by atoms with Crippen LogP contribution in [0.15, 0.2) is 24.3 Å². The number of primary amides is 1. The van der Waals surface area contributed by atoms with Crippen LogP contribution in [0.3, 0.4) is 0 Å². The van der Waals surface area contributed by atoms with Gasteiger partial charge in [0.1, 0.15) is 0 Å². The van der Waals surface area contributed by atoms with Crippen LogP contribution in [0.25, 0.3) is 0 Å². The molecule has 140 valence electrons. The molecule has 0 bridgehead atoms. The standard InChI is InChI=1S/C19H30N2O4/c1-3-5-10-17(22)21-16-9-7-8-15(14-16)19(24,11-6-4-2)12-13-25-18(20)23/h7-9,14,24H,3-6,10-13H2,1-2H3,(H2,20,23)(H,21,22). The highest BCUT2D eigenvalue weighted by atomic mass is 16.5. The maximum Gasteiger partial charge on any atom is 0.404 e. The fourth-order valence-electron chi connectivity index (χ4n) is 2.65. The molecule has 6 nitrogen and oxygen atoms in total. The number of nitrogens with one attached hydrogen (secondary N) is 1. The average Bonchev–Trinajstić information content (AvgIpc) is 2.58. The molecule has 0 fully saturated rings. The zero-order chi connectivity index (χ0) is 18.7. The summed E-state index contributed by atoms with van der Waals surface area (Å²) in [4.78, 5) is 22.7. The van der Waals surface area contributed by atoms with Crippen LogP contribution < -0.4 is 11.1 Å². The molecule has 0 radical (unpaired) electrons. The van der Waals surface area contributed by atoms with Gasteiger partial charge in [-0.1, -0.05) is 45.2 Å². The molecule has 0 heterocycles. The Morgan fingerprint density at radius 3 is 2.56 bits per heavy atom. The maximum absolute atomic E-state index is 11.9. The van der Waals surface area contributed by atoms with Gasteiger partial charge in [-0.2, -0.15) is 0 Å². The molecule has 4 N–H and O–H groups in total. The number of ether oxygens (including phenoxy) is 1. The Kier molecular flexibility index (Phi) is 8.99. The van der Waals surface area contributed by atoms with E-state index >= 15 is 0 Å². The number of rotatable bonds is 11. The summed E-state index contributed by atoms with van der Waals surface area (Å²) in [6.07, 6.45) is 4.00. The first-order valence-electron chi connectivity index (χ1n) is 8.96. The molecule has 0 aromatic heterocycles. The summed E-state index contributed by atoms with van der Waals surface area (Å²) in [6, 6.07) is 7.20. The maximum atomic E-state index is 11.9. The molecule has 25 heavy (non-hydrogen) atoms. The summed E-state index contributed by atoms with van der Waals surface area (Å²) in [5.41, 5.74) is 5.21. The third-order valence-corrected chi connectivity index (χ3v) is 4.14. The Hall–Kier alpha value is -2.08. The van der Waals surface area contributed by atoms with Gasteiger partial charge in [0.25, 0.3) is 0 Å². The molecule has 1 aromatic carbocycles. The predicted octanol–water partition coefficient (Wildman–Crippen LogP) is 3.68. The highest BCUT2D eigenvalue weighted by Gasteiger charge is 2.29. The summed E-state index contributed by atoms with van der Waals surface area (Å²) in [5, 5.41) is 13.9. The van der Waals surface area contributed by atoms with E-state index in [4.69, 9.17) is 10.5 Å². The Bertz CT molecular complexity index is 562. The third kappa shape index (κ3) is 7.56. The number of carbonyl (C=O) groups excluding carboxylic acids is 2. The van der Waals surface area contributed by atoms with Gasteiger partial charge in [-0.25, -0.2) is 4.79 Å². The summed E-state index contributed by atoms with van der Waals surface area (Å²) in [6.45, 7) is 4.13. The fraction of sp³-hybridized carbons (Fsp3) is 0.579. The van der Waals surface area contributed by atoms with Crippen LogP contribution in [0, 0.1) is 0 Å². The van der Waals surface area contributed by atoms with Crippen molar-refractivity contribution in [2.45, 2.75) is 64.4 Å². The van der Waals surface area contributed by atoms with E-state index in [1.165, 1.54) is 0 Å². The van der Waals surface area contributed by atoms with Crippen LogP contribution >= 0.6 is 0 Å². The van der Waals surface area contributed by atoms with Gasteiger partial charge in [-0.3, -0.25) is 4.79 Å². The lowest BCUT2D eigenvalue weighted by Crippen LogP contribution is -2.29. The van der Waals surface area contributed by atoms with Gasteiger partial charge in [0.05, 0.1) is 12.2 Å². The molecule has 0 spiro atoms. The first-order chi connectivity index (χ1) is 11.9. The normalized spacial score (nSPS) is 13.1. The Labute approximate surface area is 149 Å². The van der Waals surface area contributed by atoms with Crippen molar-refractivity contribution in [2.75, 3.05) is 11.9 Å². The van der Waals surface area contributed by atoms with Gasteiger partial charge in [0.15, 0.2) is 0 Å². The molecule has 0 aliphatic heterocycles. The molecule has 1 unspecified atom stereocenters. The number of hydrogen-bond donors (Lipinski definition) is 3. The van der Waals surface area contributed by atoms with Crippen molar-refractivity contribution >= 4 is 17.7 Å². The fourth-order valence-corrected chi connectivity index (χ4v) is 2.65. The summed E-state index contributed by atoms with van der Waals surface area (Å²) in [7, 11) is 0. The van der Waals surface area contributed by atoms with E-state index in [-0.39, 0.29) is 18.9 Å². The lowest BCUT2D eigenvalue weighted by Gasteiger charge is -2.29. The highest BCUT2D eigenvalue weighted by Crippen LogP contribution is 2.32. The molecular weight excluding hydrogens is 320 g/mol. The van der Waals surface area contributed by atoms with E-state index in [2.05, 4.69) is 5.32 Å². The molecule has 2 amide bonds. The second-order valence-corrected chi connectivity index (χ2v) is 6.29. The number of benzene rings is 1. The van der Waals surface area contributed by atoms with Crippen LogP contribution in [0.4, 0.5) is 10.5 Å². The first kappa shape index (κ1) is 21.0. The lowest BCUT2D eigenvalue weighted by atomic mass is 9.85. The van der Waals surface area contributed by atoms with Crippen molar-refractivity contribution in [1.82, 2.24) is 0 Å². The first-order valence-corrected chi connectivity index (χ1v) is 8.96. The van der Waals surface area contributed by atoms with E-state index in [9.17, 15) is 14.7 Å². The Balaban J connectivity index is 2.87. The molecule has 0 aliphatic rings. The minimum absolute atomic E-state index is 0.0341. The van der Waals surface area contributed by atoms with Crippen LogP contribution in [-0.2, 0) is 15.1 Å². The number of unbranched alkanes of at least 4 members (excludes halogenated alkanes) is 2. The average molecular weight is 350 g/mol. The Morgan fingerprint density at radius 2 is 1.92 bits per heavy atom. The SMILES string of the molecule is CCCCC(=O)Nc1cccc(C(O)(CCCC)CCOC(N)=O)c1. The summed E-state index contributed by atoms with van der Waals surface area (Å²) in [5.74, 6) is -0.0341. The van der Waals surface area contributed by atoms with Crippen molar-refractivity contribution in [3.05, 3.63) is 29.8 Å². The zero-order valence-electron chi connectivity index (χ0n) is 15.2. The van der Waals surface area contributed by atoms with Crippen LogP contribution in [0.5, 0.6) is 0 Å². The van der Waals surface area contributed by atoms with Gasteiger partial charge in [0, 0.05) is 18.5 Å². The van der Waals surface area contributed by atoms with Gasteiger partial charge in [-0.05, 0) is 30.5 Å². The van der Waals surface area contributed by atoms with Crippen LogP contribution in [0.1, 0.15) is 64.4 Å². The van der Waals surface area contributed by atoms with Crippen LogP contribution in [0.2, 0.25) is 0 Å². The second-order valence-electron chi connectivity index (χ2n) is 6.29. The largest absolute Gasteiger partial charge is 0.450 e. The number of carbonyl (C=O) groups is 2. The zero-order valence-corrected chi connectivity index (χ0v) is 15.2. The molecule has 0 aliphatic carbocycles. The van der Waals surface area contributed by atoms with Crippen molar-refractivity contribution in [1.29, 1.82) is 0 Å². The molecular formula is C19H30N2O4. The number of aliphatic hydroxyl groups is 1. The monoisotopic (exact) mass is 350 g/mol. The quantitative estimate of drug-likeness (QED) is 0.566. The van der Waals surface area contributed by atoms with Gasteiger partial charge in [0.2, 0.25) is 5.91 Å². The summed E-state index contributed by atoms with van der Waals surface area (Å²) >= 11 is 0. The molecule has 1 rings (SSSR count). The number of anilines is 1. The minimum Gasteiger partial charge on any atom is -0.450 e. The van der Waals surface area contributed by atoms with Gasteiger partial charge in [-0.15, -0.1) is 0 Å². The van der Waals surface area contributed by atoms with Crippen molar-refractivity contribution < 1.29 is 19.4 Å². The van der Waals surface area contributed by atoms with E-state index in [1.807, 2.05) is 19.9 Å². The molecule has 0 saturated carbocycles. The molecule has 1 atom stereocenters. The predicted molar refractivity (Wildman–Crippen MR) is 98.2 cm³/mol. The second kappa shape index (κ2) is 10.7. The molecule has 6 heteroatoms. The smallest absolute Gasteiger partial charge is 0.404 e. The van der Waals surface area contributed by atoms with Gasteiger partial charge >= 0.3 is 6.09 Å². The van der Waals surface area contributed by atoms with E-state index < -0.39 is 11.7 Å². The van der Waals surface area contributed by atoms with Crippen molar-refractivity contribution in [2.24, 2.45) is 5.73 Å². The number of hydrogen-bond acceptors (Lipinski definition) is 4. The topological polar surface area (TPSA) is 102 Å². The van der Waals surface area contributed by atoms with Crippen molar-refractivity contribution in [3.63, 3.8) is 0 Å². The van der Waals surface area contributed by atoms with Crippen molar-refractivity contribution in [3.8, 4) is 0 Å². The van der Waals surface area contributed by atoms with Crippen LogP contribution in [-0.4, -0.2) is 23.7 Å². The van der Waals surface area contributed by atoms with E-state index in [0.29, 0.717) is 24.1 Å². The highest BCUT2D eigenvalue weighted by molar-refractivity contribution is 5.90. The van der Waals surface area contributed by atoms with Gasteiger partial charge < -0.3 is 20.9 Å². The number of amides is 2. The molecule has 0 saturated heterocycles. The summed E-state index contributed by atoms with van der Waals surface area (Å²) < 4.78 is 4.79. The minimum atomic E-state index is -1.13. The van der Waals surface area contributed by atoms with E-state index in [0.717, 1.165) is 25.7 Å².